The summed E-state index contributed by atoms with van der Waals surface area (Å²) < 4.78 is 4.61. The molecule has 1 aromatic carbocycles. The number of carbonyl (C=O) groups is 2. The van der Waals surface area contributed by atoms with Gasteiger partial charge in [-0.15, -0.1) is 0 Å². The first-order valence-electron chi connectivity index (χ1n) is 4.35. The Kier molecular flexibility index (Phi) is 4.60. The van der Waals surface area contributed by atoms with Crippen molar-refractivity contribution in [1.82, 2.24) is 0 Å². The van der Waals surface area contributed by atoms with Crippen LogP contribution in [0.15, 0.2) is 53.1 Å². The molecule has 2 aromatic rings. The Balaban J connectivity index is 0.000000151. The predicted molar refractivity (Wildman–Crippen MR) is 55.9 cm³/mol. The molecule has 0 N–H and O–H groups in total. The van der Waals surface area contributed by atoms with Crippen LogP contribution in [-0.4, -0.2) is 12.6 Å². The van der Waals surface area contributed by atoms with Gasteiger partial charge in [0.25, 0.3) is 0 Å². The van der Waals surface area contributed by atoms with E-state index in [1.807, 2.05) is 18.2 Å². The van der Waals surface area contributed by atoms with E-state index >= 15 is 0 Å². The van der Waals surface area contributed by atoms with Gasteiger partial charge in [-0.3, -0.25) is 9.59 Å². The highest BCUT2D eigenvalue weighted by molar-refractivity contribution is 5.74. The van der Waals surface area contributed by atoms with E-state index in [1.165, 1.54) is 6.26 Å². The minimum absolute atomic E-state index is 0.375. The normalized spacial score (nSPS) is 8.53. The van der Waals surface area contributed by atoms with Crippen molar-refractivity contribution in [2.75, 3.05) is 0 Å². The summed E-state index contributed by atoms with van der Waals surface area (Å²) in [6, 6.07) is 12.4. The van der Waals surface area contributed by atoms with E-state index in [-0.39, 0.29) is 0 Å². The topological polar surface area (TPSA) is 47.3 Å². The Labute approximate surface area is 87.3 Å². The largest absolute Gasteiger partial charge is 0.462 e. The highest BCUT2D eigenvalue weighted by Gasteiger charge is 1.84. The first-order chi connectivity index (χ1) is 7.36. The quantitative estimate of drug-likeness (QED) is 0.703. The van der Waals surface area contributed by atoms with Crippen LogP contribution in [0, 0.1) is 0 Å². The Bertz CT molecular complexity index is 390. The molecule has 3 heteroatoms. The average molecular weight is 202 g/mol. The number of rotatable bonds is 2. The minimum atomic E-state index is 0.375. The third kappa shape index (κ3) is 4.04. The van der Waals surface area contributed by atoms with Crippen LogP contribution in [0.4, 0.5) is 0 Å². The van der Waals surface area contributed by atoms with Gasteiger partial charge in [0.05, 0.1) is 6.26 Å². The fraction of sp³-hybridized carbons (Fsp3) is 0. The lowest BCUT2D eigenvalue weighted by molar-refractivity contribution is 0.109. The van der Waals surface area contributed by atoms with Crippen molar-refractivity contribution in [3.8, 4) is 0 Å². The molecule has 0 atom stereocenters. The molecule has 76 valence electrons. The van der Waals surface area contributed by atoms with Gasteiger partial charge in [-0.25, -0.2) is 0 Å². The maximum atomic E-state index is 10.0. The molecule has 3 nitrogen and oxygen atoms in total. The summed E-state index contributed by atoms with van der Waals surface area (Å²) in [6.45, 7) is 0. The van der Waals surface area contributed by atoms with Gasteiger partial charge in [-0.05, 0) is 12.1 Å². The summed E-state index contributed by atoms with van der Waals surface area (Å²) in [5, 5.41) is 0. The van der Waals surface area contributed by atoms with Crippen molar-refractivity contribution in [2.45, 2.75) is 0 Å². The number of aldehydes is 2. The number of furan rings is 1. The Morgan fingerprint density at radius 3 is 1.93 bits per heavy atom. The zero-order valence-corrected chi connectivity index (χ0v) is 8.00. The number of benzene rings is 1. The average Bonchev–Trinajstić information content (AvgIpc) is 2.84. The van der Waals surface area contributed by atoms with E-state index in [4.69, 9.17) is 0 Å². The maximum Gasteiger partial charge on any atom is 0.185 e. The summed E-state index contributed by atoms with van der Waals surface area (Å²) in [4.78, 5) is 19.8. The van der Waals surface area contributed by atoms with Crippen LogP contribution in [0.3, 0.4) is 0 Å². The lowest BCUT2D eigenvalue weighted by atomic mass is 10.2. The smallest absolute Gasteiger partial charge is 0.185 e. The molecule has 1 aromatic heterocycles. The van der Waals surface area contributed by atoms with Gasteiger partial charge < -0.3 is 4.42 Å². The Morgan fingerprint density at radius 2 is 1.60 bits per heavy atom. The van der Waals surface area contributed by atoms with Crippen LogP contribution in [0.2, 0.25) is 0 Å². The molecule has 0 aliphatic carbocycles. The summed E-state index contributed by atoms with van der Waals surface area (Å²) in [6.07, 6.45) is 2.96. The van der Waals surface area contributed by atoms with Crippen molar-refractivity contribution in [3.05, 3.63) is 60.1 Å². The lowest BCUT2D eigenvalue weighted by Crippen LogP contribution is -1.73. The fourth-order valence-electron chi connectivity index (χ4n) is 0.890. The minimum Gasteiger partial charge on any atom is -0.462 e. The molecule has 0 bridgehead atoms. The molecular formula is C12H10O3. The molecule has 0 amide bonds. The van der Waals surface area contributed by atoms with Crippen LogP contribution in [-0.2, 0) is 0 Å². The first-order valence-corrected chi connectivity index (χ1v) is 4.35. The zero-order chi connectivity index (χ0) is 10.9. The van der Waals surface area contributed by atoms with Crippen molar-refractivity contribution in [3.63, 3.8) is 0 Å². The van der Waals surface area contributed by atoms with Crippen LogP contribution in [0.1, 0.15) is 20.9 Å². The lowest BCUT2D eigenvalue weighted by Gasteiger charge is -1.81. The van der Waals surface area contributed by atoms with Crippen LogP contribution in [0.25, 0.3) is 0 Å². The second-order valence-corrected chi connectivity index (χ2v) is 2.66. The maximum absolute atomic E-state index is 10.0. The molecule has 2 rings (SSSR count). The first kappa shape index (κ1) is 10.9. The molecule has 0 saturated heterocycles. The molecule has 0 aliphatic rings. The third-order valence-electron chi connectivity index (χ3n) is 1.59. The van der Waals surface area contributed by atoms with Gasteiger partial charge in [-0.1, -0.05) is 30.3 Å². The van der Waals surface area contributed by atoms with Gasteiger partial charge in [0.15, 0.2) is 12.0 Å². The predicted octanol–water partition coefficient (Wildman–Crippen LogP) is 2.59. The van der Waals surface area contributed by atoms with Crippen molar-refractivity contribution < 1.29 is 14.0 Å². The molecule has 0 unspecified atom stereocenters. The summed E-state index contributed by atoms with van der Waals surface area (Å²) in [5.41, 5.74) is 0.729. The third-order valence-corrected chi connectivity index (χ3v) is 1.59. The molecule has 15 heavy (non-hydrogen) atoms. The standard InChI is InChI=1S/C7H6O.C5H4O2/c8-6-7-4-2-1-3-5-7;6-4-5-2-1-3-7-5/h1-6H;1-4H. The van der Waals surface area contributed by atoms with Gasteiger partial charge in [0, 0.05) is 5.56 Å². The Hall–Kier alpha value is -2.16. The fourth-order valence-corrected chi connectivity index (χ4v) is 0.890. The highest BCUT2D eigenvalue weighted by atomic mass is 16.3. The van der Waals surface area contributed by atoms with E-state index in [9.17, 15) is 9.59 Å². The molecular weight excluding hydrogens is 192 g/mol. The molecule has 0 radical (unpaired) electrons. The van der Waals surface area contributed by atoms with Gasteiger partial charge in [0.2, 0.25) is 0 Å². The van der Waals surface area contributed by atoms with E-state index in [2.05, 4.69) is 4.42 Å². The molecule has 0 fully saturated rings. The summed E-state index contributed by atoms with van der Waals surface area (Å²) in [7, 11) is 0. The molecule has 0 saturated carbocycles. The SMILES string of the molecule is O=Cc1ccccc1.O=Cc1ccco1. The van der Waals surface area contributed by atoms with E-state index < -0.39 is 0 Å². The van der Waals surface area contributed by atoms with Gasteiger partial charge in [-0.2, -0.15) is 0 Å². The van der Waals surface area contributed by atoms with Crippen LogP contribution >= 0.6 is 0 Å². The number of carbonyl (C=O) groups excluding carboxylic acids is 2. The van der Waals surface area contributed by atoms with Gasteiger partial charge >= 0.3 is 0 Å². The zero-order valence-electron chi connectivity index (χ0n) is 8.00. The highest BCUT2D eigenvalue weighted by Crippen LogP contribution is 1.93. The number of hydrogen-bond donors (Lipinski definition) is 0. The summed E-state index contributed by atoms with van der Waals surface area (Å²) in [5.74, 6) is 0.375. The van der Waals surface area contributed by atoms with E-state index in [0.29, 0.717) is 12.0 Å². The van der Waals surface area contributed by atoms with Gasteiger partial charge in [0.1, 0.15) is 6.29 Å². The van der Waals surface area contributed by atoms with E-state index in [1.54, 1.807) is 24.3 Å². The summed E-state index contributed by atoms with van der Waals surface area (Å²) >= 11 is 0. The molecule has 0 aliphatic heterocycles. The second kappa shape index (κ2) is 6.32. The second-order valence-electron chi connectivity index (χ2n) is 2.66. The van der Waals surface area contributed by atoms with Crippen molar-refractivity contribution in [1.29, 1.82) is 0 Å². The van der Waals surface area contributed by atoms with Crippen LogP contribution < -0.4 is 0 Å². The van der Waals surface area contributed by atoms with Crippen molar-refractivity contribution >= 4 is 12.6 Å². The molecule has 0 spiro atoms. The monoisotopic (exact) mass is 202 g/mol. The van der Waals surface area contributed by atoms with Crippen molar-refractivity contribution in [2.24, 2.45) is 0 Å². The van der Waals surface area contributed by atoms with Crippen LogP contribution in [0.5, 0.6) is 0 Å². The molecule has 1 heterocycles. The Morgan fingerprint density at radius 1 is 0.867 bits per heavy atom. The van der Waals surface area contributed by atoms with E-state index in [0.717, 1.165) is 11.8 Å². The number of hydrogen-bond acceptors (Lipinski definition) is 3.